The van der Waals surface area contributed by atoms with Gasteiger partial charge in [-0.15, -0.1) is 0 Å². The molecule has 1 atom stereocenters. The highest BCUT2D eigenvalue weighted by Crippen LogP contribution is 2.33. The van der Waals surface area contributed by atoms with Crippen LogP contribution in [0.15, 0.2) is 36.8 Å². The molecule has 2 aromatic heterocycles. The summed E-state index contributed by atoms with van der Waals surface area (Å²) in [5.41, 5.74) is 7.14. The minimum absolute atomic E-state index is 0.0635. The van der Waals surface area contributed by atoms with E-state index in [1.165, 1.54) is 12.4 Å². The molecule has 3 aromatic rings. The number of anilines is 3. The molecule has 0 aliphatic carbocycles. The average Bonchev–Trinajstić information content (AvgIpc) is 3.13. The average molecular weight is 406 g/mol. The van der Waals surface area contributed by atoms with Crippen LogP contribution in [0.2, 0.25) is 0 Å². The summed E-state index contributed by atoms with van der Waals surface area (Å²) in [6, 6.07) is 5.08. The lowest BCUT2D eigenvalue weighted by atomic mass is 10.0. The molecule has 0 amide bonds. The summed E-state index contributed by atoms with van der Waals surface area (Å²) in [5.74, 6) is 0.531. The van der Waals surface area contributed by atoms with Gasteiger partial charge in [0, 0.05) is 18.8 Å². The summed E-state index contributed by atoms with van der Waals surface area (Å²) >= 11 is 0. The van der Waals surface area contributed by atoms with Crippen LogP contribution in [0.1, 0.15) is 24.1 Å². The lowest BCUT2D eigenvalue weighted by molar-refractivity contribution is -0.137. The third-order valence-corrected chi connectivity index (χ3v) is 4.93. The Hall–Kier alpha value is -3.01. The van der Waals surface area contributed by atoms with Crippen molar-refractivity contribution in [1.29, 1.82) is 0 Å². The maximum Gasteiger partial charge on any atom is 0.416 e. The van der Waals surface area contributed by atoms with E-state index in [1.54, 1.807) is 11.4 Å². The quantitative estimate of drug-likeness (QED) is 0.647. The molecular weight excluding hydrogens is 385 g/mol. The zero-order valence-electron chi connectivity index (χ0n) is 15.8. The highest BCUT2D eigenvalue weighted by Gasteiger charge is 2.31. The van der Waals surface area contributed by atoms with E-state index in [2.05, 4.69) is 20.3 Å². The molecule has 7 nitrogen and oxygen atoms in total. The second-order valence-electron chi connectivity index (χ2n) is 6.99. The zero-order chi connectivity index (χ0) is 20.6. The van der Waals surface area contributed by atoms with Gasteiger partial charge in [-0.1, -0.05) is 0 Å². The Labute approximate surface area is 165 Å². The van der Waals surface area contributed by atoms with Crippen LogP contribution in [0, 0.1) is 0 Å². The summed E-state index contributed by atoms with van der Waals surface area (Å²) in [5, 5.41) is 7.42. The molecule has 1 aromatic carbocycles. The van der Waals surface area contributed by atoms with Gasteiger partial charge in [0.1, 0.15) is 11.8 Å². The van der Waals surface area contributed by atoms with Gasteiger partial charge in [0.05, 0.1) is 36.7 Å². The molecule has 1 aliphatic rings. The van der Waals surface area contributed by atoms with Crippen molar-refractivity contribution in [1.82, 2.24) is 14.6 Å². The van der Waals surface area contributed by atoms with Gasteiger partial charge >= 0.3 is 6.18 Å². The number of fused-ring (bicyclic) bond motifs is 1. The number of morpholine rings is 1. The van der Waals surface area contributed by atoms with Crippen LogP contribution in [-0.4, -0.2) is 40.9 Å². The fraction of sp³-hybridized carbons (Fsp3) is 0.368. The molecule has 0 unspecified atom stereocenters. The molecule has 154 valence electrons. The number of nitrogens with zero attached hydrogens (tertiary/aromatic N) is 4. The summed E-state index contributed by atoms with van der Waals surface area (Å²) < 4.78 is 46.4. The Balaban J connectivity index is 1.62. The van der Waals surface area contributed by atoms with Crippen LogP contribution in [0.25, 0.3) is 5.52 Å². The molecule has 1 saturated heterocycles. The number of ether oxygens (including phenoxy) is 1. The molecule has 4 rings (SSSR count). The summed E-state index contributed by atoms with van der Waals surface area (Å²) in [7, 11) is 0. The predicted octanol–water partition coefficient (Wildman–Crippen LogP) is 3.34. The first-order valence-corrected chi connectivity index (χ1v) is 9.21. The lowest BCUT2D eigenvalue weighted by Gasteiger charge is -2.27. The van der Waals surface area contributed by atoms with Crippen molar-refractivity contribution in [3.8, 4) is 0 Å². The maximum atomic E-state index is 13.1. The smallest absolute Gasteiger partial charge is 0.399 e. The number of nitrogens with two attached hydrogens (primary N) is 1. The molecule has 0 bridgehead atoms. The van der Waals surface area contributed by atoms with Gasteiger partial charge in [-0.3, -0.25) is 0 Å². The number of halogens is 3. The predicted molar refractivity (Wildman–Crippen MR) is 104 cm³/mol. The number of rotatable bonds is 4. The van der Waals surface area contributed by atoms with Crippen LogP contribution < -0.4 is 16.0 Å². The van der Waals surface area contributed by atoms with E-state index in [4.69, 9.17) is 10.5 Å². The van der Waals surface area contributed by atoms with E-state index in [0.29, 0.717) is 24.6 Å². The van der Waals surface area contributed by atoms with E-state index < -0.39 is 17.8 Å². The van der Waals surface area contributed by atoms with Crippen molar-refractivity contribution >= 4 is 22.7 Å². The van der Waals surface area contributed by atoms with Crippen LogP contribution in [0.3, 0.4) is 0 Å². The standard InChI is InChI=1S/C19H21F3N6O/c1-12(13-6-14(19(20,21)22)8-15(23)7-13)26-18-17-9-16(10-28(17)25-11-24-18)27-2-4-29-5-3-27/h6-12H,2-5,23H2,1H3,(H,24,25,26)/t12-/m1/s1. The van der Waals surface area contributed by atoms with Crippen LogP contribution in [-0.2, 0) is 10.9 Å². The van der Waals surface area contributed by atoms with Crippen molar-refractivity contribution in [3.63, 3.8) is 0 Å². The first kappa shape index (κ1) is 19.3. The van der Waals surface area contributed by atoms with Crippen molar-refractivity contribution in [2.75, 3.05) is 42.3 Å². The minimum Gasteiger partial charge on any atom is -0.399 e. The van der Waals surface area contributed by atoms with Gasteiger partial charge < -0.3 is 20.7 Å². The number of nitrogen functional groups attached to an aromatic ring is 1. The fourth-order valence-corrected chi connectivity index (χ4v) is 3.40. The molecule has 0 spiro atoms. The number of aromatic nitrogens is 3. The molecule has 1 aliphatic heterocycles. The first-order valence-electron chi connectivity index (χ1n) is 9.21. The molecule has 3 heterocycles. The topological polar surface area (TPSA) is 80.7 Å². The van der Waals surface area contributed by atoms with E-state index in [0.717, 1.165) is 36.4 Å². The van der Waals surface area contributed by atoms with Crippen molar-refractivity contribution in [2.45, 2.75) is 19.1 Å². The van der Waals surface area contributed by atoms with Crippen LogP contribution in [0.5, 0.6) is 0 Å². The molecule has 1 fully saturated rings. The highest BCUT2D eigenvalue weighted by atomic mass is 19.4. The molecule has 3 N–H and O–H groups in total. The van der Waals surface area contributed by atoms with Crippen molar-refractivity contribution in [3.05, 3.63) is 47.9 Å². The summed E-state index contributed by atoms with van der Waals surface area (Å²) in [4.78, 5) is 6.48. The summed E-state index contributed by atoms with van der Waals surface area (Å²) in [6.07, 6.45) is -1.15. The third kappa shape index (κ3) is 4.07. The Morgan fingerprint density at radius 3 is 2.66 bits per heavy atom. The van der Waals surface area contributed by atoms with Crippen molar-refractivity contribution in [2.24, 2.45) is 0 Å². The number of benzene rings is 1. The number of hydrogen-bond acceptors (Lipinski definition) is 6. The maximum absolute atomic E-state index is 13.1. The largest absolute Gasteiger partial charge is 0.416 e. The highest BCUT2D eigenvalue weighted by molar-refractivity contribution is 5.73. The second kappa shape index (κ2) is 7.43. The number of alkyl halides is 3. The van der Waals surface area contributed by atoms with Crippen LogP contribution in [0.4, 0.5) is 30.4 Å². The minimum atomic E-state index is -4.46. The van der Waals surface area contributed by atoms with E-state index >= 15 is 0 Å². The SMILES string of the molecule is C[C@@H](Nc1ncnn2cc(N3CCOCC3)cc12)c1cc(N)cc(C(F)(F)F)c1. The van der Waals surface area contributed by atoms with Gasteiger partial charge in [-0.05, 0) is 36.8 Å². The molecule has 29 heavy (non-hydrogen) atoms. The Morgan fingerprint density at radius 2 is 1.93 bits per heavy atom. The molecule has 0 saturated carbocycles. The van der Waals surface area contributed by atoms with E-state index in [9.17, 15) is 13.2 Å². The Bertz CT molecular complexity index is 1010. The third-order valence-electron chi connectivity index (χ3n) is 4.93. The second-order valence-corrected chi connectivity index (χ2v) is 6.99. The molecule has 10 heteroatoms. The molecule has 0 radical (unpaired) electrons. The lowest BCUT2D eigenvalue weighted by Crippen LogP contribution is -2.35. The monoisotopic (exact) mass is 406 g/mol. The van der Waals surface area contributed by atoms with Gasteiger partial charge in [-0.25, -0.2) is 9.50 Å². The Kier molecular flexibility index (Phi) is 4.95. The van der Waals surface area contributed by atoms with Gasteiger partial charge in [0.15, 0.2) is 5.82 Å². The number of nitrogens with one attached hydrogen (secondary N) is 1. The summed E-state index contributed by atoms with van der Waals surface area (Å²) in [6.45, 7) is 4.66. The number of hydrogen-bond donors (Lipinski definition) is 2. The van der Waals surface area contributed by atoms with Crippen molar-refractivity contribution < 1.29 is 17.9 Å². The zero-order valence-corrected chi connectivity index (χ0v) is 15.8. The first-order chi connectivity index (χ1) is 13.8. The normalized spacial score (nSPS) is 16.2. The van der Waals surface area contributed by atoms with Crippen LogP contribution >= 0.6 is 0 Å². The van der Waals surface area contributed by atoms with Gasteiger partial charge in [0.25, 0.3) is 0 Å². The Morgan fingerprint density at radius 1 is 1.17 bits per heavy atom. The van der Waals surface area contributed by atoms with E-state index in [1.807, 2.05) is 12.3 Å². The van der Waals surface area contributed by atoms with Gasteiger partial charge in [0.2, 0.25) is 0 Å². The van der Waals surface area contributed by atoms with E-state index in [-0.39, 0.29) is 5.69 Å². The molecular formula is C19H21F3N6O. The fourth-order valence-electron chi connectivity index (χ4n) is 3.40. The van der Waals surface area contributed by atoms with Gasteiger partial charge in [-0.2, -0.15) is 18.3 Å².